The van der Waals surface area contributed by atoms with Gasteiger partial charge in [0.25, 0.3) is 0 Å². The van der Waals surface area contributed by atoms with Gasteiger partial charge >= 0.3 is 0 Å². The molecule has 22 heavy (non-hydrogen) atoms. The second kappa shape index (κ2) is 6.52. The van der Waals surface area contributed by atoms with E-state index in [-0.39, 0.29) is 0 Å². The molecule has 0 amide bonds. The third-order valence-corrected chi connectivity index (χ3v) is 4.05. The highest BCUT2D eigenvalue weighted by Gasteiger charge is 2.15. The lowest BCUT2D eigenvalue weighted by molar-refractivity contribution is 0.731. The number of nitrogens with zero attached hydrogens (tertiary/aromatic N) is 4. The van der Waals surface area contributed by atoms with E-state index >= 15 is 0 Å². The number of hydrogen-bond donors (Lipinski definition) is 0. The molecule has 0 aliphatic carbocycles. The van der Waals surface area contributed by atoms with Crippen molar-refractivity contribution in [1.29, 1.82) is 0 Å². The first-order chi connectivity index (χ1) is 10.8. The van der Waals surface area contributed by atoms with Crippen LogP contribution in [0.3, 0.4) is 0 Å². The molecule has 1 aliphatic heterocycles. The lowest BCUT2D eigenvalue weighted by Crippen LogP contribution is -2.19. The van der Waals surface area contributed by atoms with Gasteiger partial charge in [-0.05, 0) is 42.2 Å². The van der Waals surface area contributed by atoms with Gasteiger partial charge in [0.15, 0.2) is 5.82 Å². The maximum absolute atomic E-state index is 4.26. The normalized spacial score (nSPS) is 15.1. The van der Waals surface area contributed by atoms with Crippen LogP contribution in [0.2, 0.25) is 0 Å². The van der Waals surface area contributed by atoms with E-state index in [1.165, 1.54) is 23.9 Å². The molecule has 1 atom stereocenters. The highest BCUT2D eigenvalue weighted by atomic mass is 15.1. The molecule has 112 valence electrons. The van der Waals surface area contributed by atoms with Crippen molar-refractivity contribution >= 4 is 5.69 Å². The second-order valence-corrected chi connectivity index (χ2v) is 5.47. The molecular weight excluding hydrogens is 272 g/mol. The van der Waals surface area contributed by atoms with Gasteiger partial charge in [0.05, 0.1) is 0 Å². The molecule has 2 heterocycles. The van der Waals surface area contributed by atoms with Crippen LogP contribution < -0.4 is 4.90 Å². The number of allylic oxidation sites excluding steroid dienone is 2. The fourth-order valence-corrected chi connectivity index (χ4v) is 2.60. The molecule has 3 rings (SSSR count). The van der Waals surface area contributed by atoms with Gasteiger partial charge in [-0.3, -0.25) is 0 Å². The molecule has 1 unspecified atom stereocenters. The van der Waals surface area contributed by atoms with Crippen molar-refractivity contribution < 1.29 is 0 Å². The minimum absolute atomic E-state index is 0.482. The zero-order valence-electron chi connectivity index (χ0n) is 13.0. The summed E-state index contributed by atoms with van der Waals surface area (Å²) in [5.41, 5.74) is 3.63. The summed E-state index contributed by atoms with van der Waals surface area (Å²) < 4.78 is 0. The molecule has 4 nitrogen and oxygen atoms in total. The van der Waals surface area contributed by atoms with Crippen molar-refractivity contribution in [3.8, 4) is 11.4 Å². The molecule has 0 saturated heterocycles. The van der Waals surface area contributed by atoms with E-state index in [2.05, 4.69) is 76.3 Å². The van der Waals surface area contributed by atoms with Gasteiger partial charge in [-0.25, -0.2) is 15.0 Å². The Bertz CT molecular complexity index is 691. The summed E-state index contributed by atoms with van der Waals surface area (Å²) >= 11 is 0. The zero-order chi connectivity index (χ0) is 15.4. The summed E-state index contributed by atoms with van der Waals surface area (Å²) in [6.45, 7) is 5.39. The molecular formula is C18H20N4. The van der Waals surface area contributed by atoms with Crippen molar-refractivity contribution in [2.45, 2.75) is 26.2 Å². The first kappa shape index (κ1) is 14.4. The lowest BCUT2D eigenvalue weighted by Gasteiger charge is -2.26. The average Bonchev–Trinajstić information content (AvgIpc) is 2.62. The Kier molecular flexibility index (Phi) is 4.28. The molecule has 1 aromatic heterocycles. The Hall–Kier alpha value is -2.49. The van der Waals surface area contributed by atoms with Crippen LogP contribution >= 0.6 is 0 Å². The first-order valence-electron chi connectivity index (χ1n) is 7.66. The number of hydrogen-bond acceptors (Lipinski definition) is 4. The van der Waals surface area contributed by atoms with Crippen LogP contribution in [0.4, 0.5) is 5.69 Å². The zero-order valence-corrected chi connectivity index (χ0v) is 13.0. The molecule has 1 aliphatic rings. The number of rotatable bonds is 4. The molecule has 4 heteroatoms. The topological polar surface area (TPSA) is 41.9 Å². The summed E-state index contributed by atoms with van der Waals surface area (Å²) in [7, 11) is 0. The molecule has 0 bridgehead atoms. The second-order valence-electron chi connectivity index (χ2n) is 5.47. The van der Waals surface area contributed by atoms with E-state index in [1.807, 2.05) is 0 Å². The Morgan fingerprint density at radius 1 is 1.18 bits per heavy atom. The molecule has 1 aromatic carbocycles. The summed E-state index contributed by atoms with van der Waals surface area (Å²) in [5, 5.41) is 0. The quantitative estimate of drug-likeness (QED) is 0.856. The summed E-state index contributed by atoms with van der Waals surface area (Å²) in [6, 6.07) is 6.47. The van der Waals surface area contributed by atoms with Crippen molar-refractivity contribution in [3.05, 3.63) is 60.8 Å². The molecule has 0 radical (unpaired) electrons. The van der Waals surface area contributed by atoms with Crippen LogP contribution in [0.5, 0.6) is 0 Å². The van der Waals surface area contributed by atoms with Gasteiger partial charge in [0.2, 0.25) is 0 Å². The van der Waals surface area contributed by atoms with Gasteiger partial charge in [0, 0.05) is 24.0 Å². The van der Waals surface area contributed by atoms with Crippen molar-refractivity contribution in [2.24, 2.45) is 0 Å². The van der Waals surface area contributed by atoms with Gasteiger partial charge in [-0.15, -0.1) is 0 Å². The molecule has 0 fully saturated rings. The van der Waals surface area contributed by atoms with Crippen LogP contribution in [-0.4, -0.2) is 21.5 Å². The predicted molar refractivity (Wildman–Crippen MR) is 89.6 cm³/mol. The minimum Gasteiger partial charge on any atom is -0.344 e. The third kappa shape index (κ3) is 2.91. The van der Waals surface area contributed by atoms with E-state index < -0.39 is 0 Å². The van der Waals surface area contributed by atoms with Gasteiger partial charge in [-0.2, -0.15) is 0 Å². The molecule has 0 saturated carbocycles. The van der Waals surface area contributed by atoms with Crippen LogP contribution in [0.15, 0.2) is 55.3 Å². The van der Waals surface area contributed by atoms with Crippen LogP contribution in [0.25, 0.3) is 11.4 Å². The Labute approximate surface area is 131 Å². The fraction of sp³-hybridized carbons (Fsp3) is 0.278. The van der Waals surface area contributed by atoms with E-state index in [1.54, 1.807) is 0 Å². The average molecular weight is 292 g/mol. The SMILES string of the molecule is CCC(C)c1cc(-c2ncncn2)ccc1N1C=CC=CC1. The minimum atomic E-state index is 0.482. The monoisotopic (exact) mass is 292 g/mol. The third-order valence-electron chi connectivity index (χ3n) is 4.05. The maximum Gasteiger partial charge on any atom is 0.162 e. The molecule has 2 aromatic rings. The Balaban J connectivity index is 2.04. The van der Waals surface area contributed by atoms with E-state index in [0.29, 0.717) is 5.92 Å². The summed E-state index contributed by atoms with van der Waals surface area (Å²) in [4.78, 5) is 14.7. The van der Waals surface area contributed by atoms with Gasteiger partial charge in [-0.1, -0.05) is 26.0 Å². The van der Waals surface area contributed by atoms with E-state index in [9.17, 15) is 0 Å². The Morgan fingerprint density at radius 2 is 2.00 bits per heavy atom. The summed E-state index contributed by atoms with van der Waals surface area (Å²) in [6.07, 6.45) is 12.6. The first-order valence-corrected chi connectivity index (χ1v) is 7.66. The van der Waals surface area contributed by atoms with E-state index in [0.717, 1.165) is 24.4 Å². The predicted octanol–water partition coefficient (Wildman–Crippen LogP) is 3.94. The number of benzene rings is 1. The largest absolute Gasteiger partial charge is 0.344 e. The molecule has 0 spiro atoms. The highest BCUT2D eigenvalue weighted by Crippen LogP contribution is 2.33. The molecule has 0 N–H and O–H groups in total. The van der Waals surface area contributed by atoms with Crippen LogP contribution in [-0.2, 0) is 0 Å². The van der Waals surface area contributed by atoms with Gasteiger partial charge < -0.3 is 4.90 Å². The fourth-order valence-electron chi connectivity index (χ4n) is 2.60. The van der Waals surface area contributed by atoms with Crippen molar-refractivity contribution in [1.82, 2.24) is 15.0 Å². The van der Waals surface area contributed by atoms with Crippen molar-refractivity contribution in [3.63, 3.8) is 0 Å². The number of anilines is 1. The highest BCUT2D eigenvalue weighted by molar-refractivity contribution is 5.67. The maximum atomic E-state index is 4.26. The van der Waals surface area contributed by atoms with Gasteiger partial charge in [0.1, 0.15) is 12.7 Å². The number of aromatic nitrogens is 3. The van der Waals surface area contributed by atoms with Crippen LogP contribution in [0, 0.1) is 0 Å². The standard InChI is InChI=1S/C18H20N4/c1-3-14(2)16-11-15(18-20-12-19-13-21-18)7-8-17(16)22-9-5-4-6-10-22/h4-9,11-14H,3,10H2,1-2H3. The summed E-state index contributed by atoms with van der Waals surface area (Å²) in [5.74, 6) is 1.20. The lowest BCUT2D eigenvalue weighted by atomic mass is 9.94. The smallest absolute Gasteiger partial charge is 0.162 e. The van der Waals surface area contributed by atoms with Crippen molar-refractivity contribution in [2.75, 3.05) is 11.4 Å². The Morgan fingerprint density at radius 3 is 2.68 bits per heavy atom. The van der Waals surface area contributed by atoms with E-state index in [4.69, 9.17) is 0 Å². The van der Waals surface area contributed by atoms with Crippen LogP contribution in [0.1, 0.15) is 31.7 Å².